The summed E-state index contributed by atoms with van der Waals surface area (Å²) in [6, 6.07) is 4.16. The molecule has 0 bridgehead atoms. The Balaban J connectivity index is 2.53. The molecule has 0 fully saturated rings. The van der Waals surface area contributed by atoms with Gasteiger partial charge in [-0.05, 0) is 44.0 Å². The largest absolute Gasteiger partial charge is 0.488 e. The molecule has 1 atom stereocenters. The molecule has 0 heterocycles. The smallest absolute Gasteiger partial charge is 0.147 e. The molecule has 3 nitrogen and oxygen atoms in total. The molecule has 0 aliphatic rings. The van der Waals surface area contributed by atoms with Crippen LogP contribution in [0.2, 0.25) is 0 Å². The summed E-state index contributed by atoms with van der Waals surface area (Å²) in [7, 11) is 0. The first-order valence-electron chi connectivity index (χ1n) is 5.59. The second-order valence-corrected chi connectivity index (χ2v) is 6.85. The summed E-state index contributed by atoms with van der Waals surface area (Å²) >= 11 is 10.2. The molecule has 1 unspecified atom stereocenters. The van der Waals surface area contributed by atoms with Crippen molar-refractivity contribution in [3.05, 3.63) is 25.6 Å². The first-order valence-corrected chi connectivity index (χ1v) is 7.97. The van der Waals surface area contributed by atoms with Gasteiger partial charge in [0, 0.05) is 17.1 Å². The Bertz CT molecular complexity index is 376. The van der Waals surface area contributed by atoms with Crippen LogP contribution in [0.5, 0.6) is 5.75 Å². The fourth-order valence-corrected chi connectivity index (χ4v) is 3.76. The van der Waals surface area contributed by atoms with E-state index in [4.69, 9.17) is 4.74 Å². The fraction of sp³-hybridized carbons (Fsp3) is 0.500. The van der Waals surface area contributed by atoms with Crippen LogP contribution in [-0.4, -0.2) is 30.4 Å². The predicted molar refractivity (Wildman–Crippen MR) is 84.2 cm³/mol. The molecule has 0 radical (unpaired) electrons. The lowest BCUT2D eigenvalue weighted by Gasteiger charge is -2.16. The van der Waals surface area contributed by atoms with Gasteiger partial charge >= 0.3 is 0 Å². The molecule has 6 heteroatoms. The average Bonchev–Trinajstić information content (AvgIpc) is 2.24. The molecule has 102 valence electrons. The van der Waals surface area contributed by atoms with E-state index >= 15 is 0 Å². The SMILES string of the molecule is CC(C)NCC(O)COc1c(Br)cc(Br)cc1Br. The zero-order chi connectivity index (χ0) is 13.7. The Labute approximate surface area is 133 Å². The van der Waals surface area contributed by atoms with Crippen molar-refractivity contribution in [3.63, 3.8) is 0 Å². The van der Waals surface area contributed by atoms with Crippen LogP contribution in [0.15, 0.2) is 25.6 Å². The van der Waals surface area contributed by atoms with Gasteiger partial charge < -0.3 is 15.2 Å². The van der Waals surface area contributed by atoms with Gasteiger partial charge in [-0.1, -0.05) is 29.8 Å². The van der Waals surface area contributed by atoms with Crippen LogP contribution in [0.4, 0.5) is 0 Å². The van der Waals surface area contributed by atoms with Crippen molar-refractivity contribution in [1.82, 2.24) is 5.32 Å². The normalized spacial score (nSPS) is 12.8. The van der Waals surface area contributed by atoms with Crippen LogP contribution in [0.1, 0.15) is 13.8 Å². The minimum atomic E-state index is -0.533. The quantitative estimate of drug-likeness (QED) is 0.701. The number of hydrogen-bond donors (Lipinski definition) is 2. The number of rotatable bonds is 6. The fourth-order valence-electron chi connectivity index (χ4n) is 1.28. The molecule has 0 amide bonds. The zero-order valence-electron chi connectivity index (χ0n) is 10.2. The molecule has 0 aromatic heterocycles. The summed E-state index contributed by atoms with van der Waals surface area (Å²) in [6.45, 7) is 4.84. The third-order valence-electron chi connectivity index (χ3n) is 2.14. The molecule has 0 aliphatic heterocycles. The second kappa shape index (κ2) is 7.85. The zero-order valence-corrected chi connectivity index (χ0v) is 15.0. The number of aliphatic hydroxyl groups excluding tert-OH is 1. The molecule has 0 saturated carbocycles. The van der Waals surface area contributed by atoms with Crippen LogP contribution >= 0.6 is 47.8 Å². The minimum Gasteiger partial charge on any atom is -0.488 e. The van der Waals surface area contributed by atoms with E-state index < -0.39 is 6.10 Å². The molecular formula is C12H16Br3NO2. The number of ether oxygens (including phenoxy) is 1. The Morgan fingerprint density at radius 1 is 1.22 bits per heavy atom. The molecular weight excluding hydrogens is 430 g/mol. The maximum Gasteiger partial charge on any atom is 0.147 e. The highest BCUT2D eigenvalue weighted by atomic mass is 79.9. The van der Waals surface area contributed by atoms with Crippen molar-refractivity contribution in [1.29, 1.82) is 0 Å². The predicted octanol–water partition coefficient (Wildman–Crippen LogP) is 3.71. The highest BCUT2D eigenvalue weighted by Crippen LogP contribution is 2.36. The molecule has 1 rings (SSSR count). The van der Waals surface area contributed by atoms with Crippen molar-refractivity contribution >= 4 is 47.8 Å². The number of aliphatic hydroxyl groups is 1. The lowest BCUT2D eigenvalue weighted by atomic mass is 10.3. The van der Waals surface area contributed by atoms with Crippen LogP contribution in [0.3, 0.4) is 0 Å². The molecule has 0 saturated heterocycles. The van der Waals surface area contributed by atoms with Gasteiger partial charge in [0.15, 0.2) is 0 Å². The van der Waals surface area contributed by atoms with Gasteiger partial charge in [-0.3, -0.25) is 0 Å². The van der Waals surface area contributed by atoms with E-state index in [0.717, 1.165) is 13.4 Å². The van der Waals surface area contributed by atoms with Crippen molar-refractivity contribution in [2.45, 2.75) is 26.0 Å². The number of hydrogen-bond acceptors (Lipinski definition) is 3. The Kier molecular flexibility index (Phi) is 7.16. The second-order valence-electron chi connectivity index (χ2n) is 4.23. The van der Waals surface area contributed by atoms with E-state index in [-0.39, 0.29) is 6.61 Å². The average molecular weight is 446 g/mol. The maximum atomic E-state index is 9.77. The van der Waals surface area contributed by atoms with E-state index in [1.165, 1.54) is 0 Å². The summed E-state index contributed by atoms with van der Waals surface area (Å²) in [4.78, 5) is 0. The summed E-state index contributed by atoms with van der Waals surface area (Å²) in [5.74, 6) is 0.696. The lowest BCUT2D eigenvalue weighted by molar-refractivity contribution is 0.104. The lowest BCUT2D eigenvalue weighted by Crippen LogP contribution is -2.35. The topological polar surface area (TPSA) is 41.5 Å². The molecule has 2 N–H and O–H groups in total. The summed E-state index contributed by atoms with van der Waals surface area (Å²) < 4.78 is 8.25. The van der Waals surface area contributed by atoms with Gasteiger partial charge in [0.25, 0.3) is 0 Å². The van der Waals surface area contributed by atoms with Gasteiger partial charge in [-0.2, -0.15) is 0 Å². The van der Waals surface area contributed by atoms with Gasteiger partial charge in [-0.25, -0.2) is 0 Å². The first-order chi connectivity index (χ1) is 8.40. The Morgan fingerprint density at radius 3 is 2.28 bits per heavy atom. The summed E-state index contributed by atoms with van der Waals surface area (Å²) in [5, 5.41) is 12.9. The van der Waals surface area contributed by atoms with Gasteiger partial charge in [0.05, 0.1) is 8.95 Å². The van der Waals surface area contributed by atoms with Crippen molar-refractivity contribution < 1.29 is 9.84 Å². The highest BCUT2D eigenvalue weighted by molar-refractivity contribution is 9.11. The van der Waals surface area contributed by atoms with Crippen LogP contribution in [0.25, 0.3) is 0 Å². The Hall–Kier alpha value is 0.380. The molecule has 18 heavy (non-hydrogen) atoms. The number of nitrogens with one attached hydrogen (secondary N) is 1. The van der Waals surface area contributed by atoms with Gasteiger partial charge in [-0.15, -0.1) is 0 Å². The first kappa shape index (κ1) is 16.4. The third kappa shape index (κ3) is 5.57. The molecule has 0 spiro atoms. The highest BCUT2D eigenvalue weighted by Gasteiger charge is 2.11. The van der Waals surface area contributed by atoms with E-state index in [1.54, 1.807) is 0 Å². The van der Waals surface area contributed by atoms with E-state index in [1.807, 2.05) is 26.0 Å². The van der Waals surface area contributed by atoms with E-state index in [0.29, 0.717) is 18.3 Å². The minimum absolute atomic E-state index is 0.249. The monoisotopic (exact) mass is 443 g/mol. The van der Waals surface area contributed by atoms with E-state index in [2.05, 4.69) is 53.1 Å². The third-order valence-corrected chi connectivity index (χ3v) is 3.78. The standard InChI is InChI=1S/C12H16Br3NO2/c1-7(2)16-5-9(17)6-18-12-10(14)3-8(13)4-11(12)15/h3-4,7,9,16-17H,5-6H2,1-2H3. The van der Waals surface area contributed by atoms with Crippen molar-refractivity contribution in [3.8, 4) is 5.75 Å². The van der Waals surface area contributed by atoms with E-state index in [9.17, 15) is 5.11 Å². The van der Waals surface area contributed by atoms with Crippen molar-refractivity contribution in [2.75, 3.05) is 13.2 Å². The molecule has 0 aliphatic carbocycles. The number of benzene rings is 1. The Morgan fingerprint density at radius 2 is 1.78 bits per heavy atom. The van der Waals surface area contributed by atoms with Gasteiger partial charge in [0.1, 0.15) is 18.5 Å². The maximum absolute atomic E-state index is 9.77. The molecule has 1 aromatic carbocycles. The van der Waals surface area contributed by atoms with Gasteiger partial charge in [0.2, 0.25) is 0 Å². The molecule has 1 aromatic rings. The van der Waals surface area contributed by atoms with Crippen LogP contribution < -0.4 is 10.1 Å². The van der Waals surface area contributed by atoms with Crippen LogP contribution in [-0.2, 0) is 0 Å². The number of halogens is 3. The van der Waals surface area contributed by atoms with Crippen molar-refractivity contribution in [2.24, 2.45) is 0 Å². The summed E-state index contributed by atoms with van der Waals surface area (Å²) in [5.41, 5.74) is 0. The van der Waals surface area contributed by atoms with Crippen LogP contribution in [0, 0.1) is 0 Å². The summed E-state index contributed by atoms with van der Waals surface area (Å²) in [6.07, 6.45) is -0.533.